The highest BCUT2D eigenvalue weighted by molar-refractivity contribution is 5.15. The molecule has 3 aliphatic rings. The molecule has 0 N–H and O–H groups in total. The molecule has 2 unspecified atom stereocenters. The van der Waals surface area contributed by atoms with Crippen LogP contribution < -0.4 is 0 Å². The molecule has 0 bridgehead atoms. The van der Waals surface area contributed by atoms with E-state index >= 15 is 0 Å². The minimum atomic E-state index is 1.22. The van der Waals surface area contributed by atoms with Gasteiger partial charge in [-0.3, -0.25) is 0 Å². The van der Waals surface area contributed by atoms with Crippen molar-refractivity contribution in [1.29, 1.82) is 0 Å². The van der Waals surface area contributed by atoms with Crippen LogP contribution >= 0.6 is 0 Å². The zero-order chi connectivity index (χ0) is 5.14. The topological polar surface area (TPSA) is 0 Å². The molecular weight excluding hydrogens is 96.1 g/mol. The van der Waals surface area contributed by atoms with Crippen molar-refractivity contribution < 1.29 is 0 Å². The number of hydrogen-bond acceptors (Lipinski definition) is 0. The van der Waals surface area contributed by atoms with Crippen LogP contribution in [0, 0.1) is 23.7 Å². The molecule has 2 atom stereocenters. The summed E-state index contributed by atoms with van der Waals surface area (Å²) in [6.45, 7) is 0. The Morgan fingerprint density at radius 1 is 1.00 bits per heavy atom. The molecule has 0 aliphatic heterocycles. The smallest absolute Gasteiger partial charge is 0.0323 e. The fourth-order valence-electron chi connectivity index (χ4n) is 2.35. The lowest BCUT2D eigenvalue weighted by atomic mass is 9.78. The first kappa shape index (κ1) is 3.92. The van der Waals surface area contributed by atoms with E-state index in [1.165, 1.54) is 23.7 Å². The van der Waals surface area contributed by atoms with E-state index in [0.717, 1.165) is 0 Å². The molecule has 44 valence electrons. The predicted molar refractivity (Wildman–Crippen MR) is 32.4 cm³/mol. The normalized spacial score (nSPS) is 59.2. The summed E-state index contributed by atoms with van der Waals surface area (Å²) in [5.41, 5.74) is 0. The van der Waals surface area contributed by atoms with Crippen LogP contribution in [0.25, 0.3) is 0 Å². The largest absolute Gasteiger partial charge is 0.0528 e. The van der Waals surface area contributed by atoms with Gasteiger partial charge in [-0.25, -0.2) is 0 Å². The van der Waals surface area contributed by atoms with E-state index in [0.29, 0.717) is 0 Å². The van der Waals surface area contributed by atoms with Gasteiger partial charge in [0.2, 0.25) is 0 Å². The van der Waals surface area contributed by atoms with Crippen molar-refractivity contribution in [2.45, 2.75) is 25.7 Å². The molecule has 8 heavy (non-hydrogen) atoms. The van der Waals surface area contributed by atoms with Crippen LogP contribution in [0.2, 0.25) is 0 Å². The van der Waals surface area contributed by atoms with Crippen molar-refractivity contribution in [3.05, 3.63) is 0 Å². The maximum Gasteiger partial charge on any atom is -0.0323 e. The van der Waals surface area contributed by atoms with Gasteiger partial charge in [-0.1, -0.05) is 19.3 Å². The zero-order valence-corrected chi connectivity index (χ0v) is 5.14. The summed E-state index contributed by atoms with van der Waals surface area (Å²) in [7, 11) is 0. The van der Waals surface area contributed by atoms with Gasteiger partial charge in [0.25, 0.3) is 0 Å². The van der Waals surface area contributed by atoms with Crippen molar-refractivity contribution in [2.24, 2.45) is 23.7 Å². The molecular formula is C8H12. The third kappa shape index (κ3) is 0.310. The average Bonchev–Trinajstić information content (AvgIpc) is 2.32. The molecule has 0 heterocycles. The molecule has 0 spiro atoms. The van der Waals surface area contributed by atoms with E-state index in [1.54, 1.807) is 25.7 Å². The highest BCUT2D eigenvalue weighted by Gasteiger charge is 2.66. The highest BCUT2D eigenvalue weighted by Crippen LogP contribution is 2.73. The van der Waals surface area contributed by atoms with Gasteiger partial charge in [-0.15, -0.1) is 0 Å². The average molecular weight is 108 g/mol. The van der Waals surface area contributed by atoms with Gasteiger partial charge in [0, 0.05) is 0 Å². The van der Waals surface area contributed by atoms with Crippen molar-refractivity contribution in [1.82, 2.24) is 0 Å². The predicted octanol–water partition coefficient (Wildman–Crippen LogP) is 2.05. The van der Waals surface area contributed by atoms with E-state index < -0.39 is 0 Å². The Balaban J connectivity index is 1.68. The number of hydrogen-bond donors (Lipinski definition) is 0. The maximum absolute atomic E-state index is 1.61. The third-order valence-corrected chi connectivity index (χ3v) is 3.43. The minimum Gasteiger partial charge on any atom is -0.0528 e. The van der Waals surface area contributed by atoms with Gasteiger partial charge in [0.15, 0.2) is 0 Å². The van der Waals surface area contributed by atoms with Crippen LogP contribution in [0.15, 0.2) is 0 Å². The molecule has 0 nitrogen and oxygen atoms in total. The monoisotopic (exact) mass is 108 g/mol. The van der Waals surface area contributed by atoms with Crippen molar-refractivity contribution in [2.75, 3.05) is 0 Å². The van der Waals surface area contributed by atoms with Crippen molar-refractivity contribution >= 4 is 0 Å². The molecule has 0 saturated heterocycles. The molecule has 0 aromatic rings. The summed E-state index contributed by atoms with van der Waals surface area (Å²) < 4.78 is 0. The fraction of sp³-hybridized carbons (Fsp3) is 1.00. The summed E-state index contributed by atoms with van der Waals surface area (Å²) in [4.78, 5) is 0. The van der Waals surface area contributed by atoms with Gasteiger partial charge in [-0.2, -0.15) is 0 Å². The molecule has 0 aromatic carbocycles. The Kier molecular flexibility index (Phi) is 0.482. The van der Waals surface area contributed by atoms with Crippen LogP contribution in [-0.4, -0.2) is 0 Å². The molecule has 3 saturated carbocycles. The Bertz CT molecular complexity index is 116. The van der Waals surface area contributed by atoms with Crippen LogP contribution in [-0.2, 0) is 0 Å². The lowest BCUT2D eigenvalue weighted by Gasteiger charge is -2.27. The van der Waals surface area contributed by atoms with Gasteiger partial charge in [-0.05, 0) is 30.1 Å². The molecule has 0 amide bonds. The number of rotatable bonds is 1. The molecule has 3 aliphatic carbocycles. The maximum atomic E-state index is 1.61. The van der Waals surface area contributed by atoms with E-state index in [4.69, 9.17) is 0 Å². The standard InChI is InChI=1S/C8H12/c1-2-5(3-1)8-6-4-7(6)8/h5-8H,1-4H2. The lowest BCUT2D eigenvalue weighted by molar-refractivity contribution is 0.238. The Morgan fingerprint density at radius 3 is 1.88 bits per heavy atom. The zero-order valence-electron chi connectivity index (χ0n) is 5.14. The lowest BCUT2D eigenvalue weighted by Crippen LogP contribution is -2.16. The van der Waals surface area contributed by atoms with Crippen LogP contribution in [0.3, 0.4) is 0 Å². The summed E-state index contributed by atoms with van der Waals surface area (Å²) in [6, 6.07) is 0. The first-order valence-corrected chi connectivity index (χ1v) is 3.97. The van der Waals surface area contributed by atoms with Crippen LogP contribution in [0.5, 0.6) is 0 Å². The SMILES string of the molecule is C1CC(C2C3CC32)C1. The van der Waals surface area contributed by atoms with Gasteiger partial charge < -0.3 is 0 Å². The first-order valence-electron chi connectivity index (χ1n) is 3.97. The molecule has 3 rings (SSSR count). The summed E-state index contributed by atoms with van der Waals surface area (Å²) in [5, 5.41) is 0. The van der Waals surface area contributed by atoms with Gasteiger partial charge in [0.05, 0.1) is 0 Å². The second-order valence-corrected chi connectivity index (χ2v) is 3.83. The third-order valence-electron chi connectivity index (χ3n) is 3.43. The molecule has 0 aromatic heterocycles. The Labute approximate surface area is 50.3 Å². The minimum absolute atomic E-state index is 1.22. The summed E-state index contributed by atoms with van der Waals surface area (Å²) in [6.07, 6.45) is 6.32. The van der Waals surface area contributed by atoms with Gasteiger partial charge >= 0.3 is 0 Å². The number of fused-ring (bicyclic) bond motifs is 1. The van der Waals surface area contributed by atoms with E-state index in [1.807, 2.05) is 0 Å². The van der Waals surface area contributed by atoms with Crippen LogP contribution in [0.4, 0.5) is 0 Å². The van der Waals surface area contributed by atoms with Crippen molar-refractivity contribution in [3.63, 3.8) is 0 Å². The first-order chi connectivity index (χ1) is 3.97. The van der Waals surface area contributed by atoms with Crippen LogP contribution in [0.1, 0.15) is 25.7 Å². The molecule has 0 heteroatoms. The van der Waals surface area contributed by atoms with E-state index in [2.05, 4.69) is 0 Å². The quantitative estimate of drug-likeness (QED) is 0.482. The Hall–Kier alpha value is 0. The summed E-state index contributed by atoms with van der Waals surface area (Å²) in [5.74, 6) is 5.02. The Morgan fingerprint density at radius 2 is 1.75 bits per heavy atom. The van der Waals surface area contributed by atoms with Gasteiger partial charge in [0.1, 0.15) is 0 Å². The molecule has 0 radical (unpaired) electrons. The second kappa shape index (κ2) is 0.984. The van der Waals surface area contributed by atoms with E-state index in [-0.39, 0.29) is 0 Å². The second-order valence-electron chi connectivity index (χ2n) is 3.83. The highest BCUT2D eigenvalue weighted by atomic mass is 14.7. The fourth-order valence-corrected chi connectivity index (χ4v) is 2.35. The van der Waals surface area contributed by atoms with E-state index in [9.17, 15) is 0 Å². The van der Waals surface area contributed by atoms with Crippen molar-refractivity contribution in [3.8, 4) is 0 Å². The molecule has 3 fully saturated rings. The summed E-state index contributed by atoms with van der Waals surface area (Å²) >= 11 is 0.